The first kappa shape index (κ1) is 17.1. The van der Waals surface area contributed by atoms with Gasteiger partial charge >= 0.3 is 0 Å². The van der Waals surface area contributed by atoms with Crippen molar-refractivity contribution < 1.29 is 4.79 Å². The molecule has 136 valence electrons. The molecule has 4 rings (SSSR count). The lowest BCUT2D eigenvalue weighted by molar-refractivity contribution is -0.140. The minimum Gasteiger partial charge on any atom is -0.309 e. The van der Waals surface area contributed by atoms with E-state index in [1.54, 1.807) is 0 Å². The van der Waals surface area contributed by atoms with Crippen LogP contribution < -0.4 is 0 Å². The van der Waals surface area contributed by atoms with Crippen molar-refractivity contribution in [3.05, 3.63) is 0 Å². The number of nitrogens with zero attached hydrogens (tertiary/aromatic N) is 1. The van der Waals surface area contributed by atoms with Crippen molar-refractivity contribution in [2.45, 2.75) is 71.6 Å². The van der Waals surface area contributed by atoms with Crippen molar-refractivity contribution in [3.8, 4) is 0 Å². The summed E-state index contributed by atoms with van der Waals surface area (Å²) in [5, 5.41) is 0. The van der Waals surface area contributed by atoms with Gasteiger partial charge in [-0.3, -0.25) is 4.79 Å². The SMILES string of the molecule is CN(C)CC1C[C@H]2[C@@H]3CCC4CCCC[C@]4(C)[C@@H]3CC[C@]2(C)C1=O. The van der Waals surface area contributed by atoms with Crippen LogP contribution in [-0.2, 0) is 4.79 Å². The topological polar surface area (TPSA) is 20.3 Å². The van der Waals surface area contributed by atoms with Crippen molar-refractivity contribution in [2.75, 3.05) is 20.6 Å². The Morgan fingerprint density at radius 3 is 2.54 bits per heavy atom. The first-order valence-corrected chi connectivity index (χ1v) is 10.6. The maximum atomic E-state index is 13.2. The summed E-state index contributed by atoms with van der Waals surface area (Å²) in [6.07, 6.45) is 12.4. The van der Waals surface area contributed by atoms with E-state index in [9.17, 15) is 4.79 Å². The standard InChI is InChI=1S/C22H37NO/c1-21-11-6-5-7-16(21)8-9-17-18(21)10-12-22(2)19(17)13-15(20(22)24)14-23(3)4/h15-19H,5-14H2,1-4H3/t15?,16?,17-,18-,19+,21+,22+/m1/s1. The molecule has 0 bridgehead atoms. The molecule has 0 saturated heterocycles. The Kier molecular flexibility index (Phi) is 4.14. The molecule has 4 fully saturated rings. The van der Waals surface area contributed by atoms with Crippen LogP contribution in [0.3, 0.4) is 0 Å². The molecule has 0 aliphatic heterocycles. The maximum Gasteiger partial charge on any atom is 0.143 e. The van der Waals surface area contributed by atoms with Gasteiger partial charge in [0.25, 0.3) is 0 Å². The van der Waals surface area contributed by atoms with Crippen LogP contribution in [-0.4, -0.2) is 31.3 Å². The van der Waals surface area contributed by atoms with Crippen molar-refractivity contribution >= 4 is 5.78 Å². The summed E-state index contributed by atoms with van der Waals surface area (Å²) in [5.41, 5.74) is 0.588. The van der Waals surface area contributed by atoms with E-state index < -0.39 is 0 Å². The molecule has 0 aromatic heterocycles. The second-order valence-corrected chi connectivity index (χ2v) is 10.4. The van der Waals surface area contributed by atoms with Gasteiger partial charge < -0.3 is 4.90 Å². The lowest BCUT2D eigenvalue weighted by Crippen LogP contribution is -2.52. The highest BCUT2D eigenvalue weighted by molar-refractivity contribution is 5.89. The maximum absolute atomic E-state index is 13.2. The summed E-state index contributed by atoms with van der Waals surface area (Å²) in [6.45, 7) is 5.92. The van der Waals surface area contributed by atoms with Gasteiger partial charge in [-0.25, -0.2) is 0 Å². The fourth-order valence-electron chi connectivity index (χ4n) is 7.83. The van der Waals surface area contributed by atoms with Crippen molar-refractivity contribution in [1.82, 2.24) is 4.90 Å². The van der Waals surface area contributed by atoms with E-state index in [0.29, 0.717) is 23.0 Å². The Balaban J connectivity index is 1.61. The number of Topliss-reactive ketones (excluding diaryl/α,β-unsaturated/α-hetero) is 1. The molecule has 0 heterocycles. The molecule has 7 atom stereocenters. The zero-order valence-corrected chi connectivity index (χ0v) is 16.3. The third-order valence-corrected chi connectivity index (χ3v) is 9.03. The average molecular weight is 332 g/mol. The summed E-state index contributed by atoms with van der Waals surface area (Å²) in [6, 6.07) is 0. The Morgan fingerprint density at radius 1 is 1.00 bits per heavy atom. The molecule has 0 spiro atoms. The van der Waals surface area contributed by atoms with Crippen LogP contribution in [0.4, 0.5) is 0 Å². The lowest BCUT2D eigenvalue weighted by atomic mass is 9.45. The highest BCUT2D eigenvalue weighted by Crippen LogP contribution is 2.66. The van der Waals surface area contributed by atoms with E-state index in [0.717, 1.165) is 24.3 Å². The van der Waals surface area contributed by atoms with Crippen LogP contribution >= 0.6 is 0 Å². The zero-order chi connectivity index (χ0) is 17.1. The van der Waals surface area contributed by atoms with Gasteiger partial charge in [-0.2, -0.15) is 0 Å². The molecule has 24 heavy (non-hydrogen) atoms. The van der Waals surface area contributed by atoms with Gasteiger partial charge in [0.1, 0.15) is 5.78 Å². The van der Waals surface area contributed by atoms with Gasteiger partial charge in [0.05, 0.1) is 0 Å². The van der Waals surface area contributed by atoms with Gasteiger partial charge in [-0.05, 0) is 88.1 Å². The number of fused-ring (bicyclic) bond motifs is 5. The molecule has 2 heteroatoms. The first-order valence-electron chi connectivity index (χ1n) is 10.6. The highest BCUT2D eigenvalue weighted by atomic mass is 16.1. The first-order chi connectivity index (χ1) is 11.4. The zero-order valence-electron chi connectivity index (χ0n) is 16.3. The van der Waals surface area contributed by atoms with E-state index in [1.165, 1.54) is 57.8 Å². The lowest BCUT2D eigenvalue weighted by Gasteiger charge is -2.59. The molecule has 2 nitrogen and oxygen atoms in total. The molecule has 0 radical (unpaired) electrons. The molecule has 0 N–H and O–H groups in total. The summed E-state index contributed by atoms with van der Waals surface area (Å²) in [4.78, 5) is 15.4. The molecular formula is C22H37NO. The minimum absolute atomic E-state index is 0.000291. The Morgan fingerprint density at radius 2 is 1.79 bits per heavy atom. The van der Waals surface area contributed by atoms with E-state index in [2.05, 4.69) is 32.8 Å². The molecule has 0 aromatic carbocycles. The second-order valence-electron chi connectivity index (χ2n) is 10.4. The van der Waals surface area contributed by atoms with Crippen LogP contribution in [0.2, 0.25) is 0 Å². The molecule has 4 saturated carbocycles. The number of hydrogen-bond donors (Lipinski definition) is 0. The fraction of sp³-hybridized carbons (Fsp3) is 0.955. The molecule has 4 aliphatic rings. The van der Waals surface area contributed by atoms with E-state index in [4.69, 9.17) is 0 Å². The van der Waals surface area contributed by atoms with E-state index in [1.807, 2.05) is 0 Å². The number of hydrogen-bond acceptors (Lipinski definition) is 2. The summed E-state index contributed by atoms with van der Waals surface area (Å²) in [5.74, 6) is 4.29. The summed E-state index contributed by atoms with van der Waals surface area (Å²) in [7, 11) is 4.24. The Bertz CT molecular complexity index is 514. The molecule has 2 unspecified atom stereocenters. The summed E-state index contributed by atoms with van der Waals surface area (Å²) < 4.78 is 0. The third-order valence-electron chi connectivity index (χ3n) is 9.03. The van der Waals surface area contributed by atoms with Crippen molar-refractivity contribution in [1.29, 1.82) is 0 Å². The fourth-order valence-corrected chi connectivity index (χ4v) is 7.83. The van der Waals surface area contributed by atoms with Gasteiger partial charge in [0.2, 0.25) is 0 Å². The van der Waals surface area contributed by atoms with Crippen LogP contribution in [0, 0.1) is 40.4 Å². The van der Waals surface area contributed by atoms with Crippen LogP contribution in [0.1, 0.15) is 71.6 Å². The molecular weight excluding hydrogens is 294 g/mol. The van der Waals surface area contributed by atoms with E-state index in [-0.39, 0.29) is 5.41 Å². The van der Waals surface area contributed by atoms with Gasteiger partial charge in [-0.15, -0.1) is 0 Å². The smallest absolute Gasteiger partial charge is 0.143 e. The summed E-state index contributed by atoms with van der Waals surface area (Å²) >= 11 is 0. The number of ketones is 1. The van der Waals surface area contributed by atoms with Crippen LogP contribution in [0.25, 0.3) is 0 Å². The van der Waals surface area contributed by atoms with Gasteiger partial charge in [-0.1, -0.05) is 26.7 Å². The van der Waals surface area contributed by atoms with Crippen molar-refractivity contribution in [2.24, 2.45) is 40.4 Å². The third kappa shape index (κ3) is 2.35. The molecule has 0 amide bonds. The van der Waals surface area contributed by atoms with Crippen molar-refractivity contribution in [3.63, 3.8) is 0 Å². The van der Waals surface area contributed by atoms with Gasteiger partial charge in [0.15, 0.2) is 0 Å². The average Bonchev–Trinajstić information content (AvgIpc) is 2.78. The normalized spacial score (nSPS) is 51.2. The Labute approximate surface area is 148 Å². The highest BCUT2D eigenvalue weighted by Gasteiger charge is 2.61. The number of rotatable bonds is 2. The van der Waals surface area contributed by atoms with E-state index >= 15 is 0 Å². The quantitative estimate of drug-likeness (QED) is 0.726. The van der Waals surface area contributed by atoms with Crippen LogP contribution in [0.5, 0.6) is 0 Å². The number of carbonyl (C=O) groups excluding carboxylic acids is 1. The largest absolute Gasteiger partial charge is 0.309 e. The monoisotopic (exact) mass is 331 g/mol. The molecule has 0 aromatic rings. The van der Waals surface area contributed by atoms with Crippen LogP contribution in [0.15, 0.2) is 0 Å². The predicted octanol–water partition coefficient (Wildman–Crippen LogP) is 4.78. The second kappa shape index (κ2) is 5.83. The number of carbonyl (C=O) groups is 1. The van der Waals surface area contributed by atoms with Gasteiger partial charge in [0, 0.05) is 17.9 Å². The Hall–Kier alpha value is -0.370. The minimum atomic E-state index is -0.000291. The predicted molar refractivity (Wildman–Crippen MR) is 98.8 cm³/mol. The molecule has 4 aliphatic carbocycles.